The van der Waals surface area contributed by atoms with E-state index in [1.807, 2.05) is 4.40 Å². The summed E-state index contributed by atoms with van der Waals surface area (Å²) in [6.45, 7) is 0. The molecule has 6 nitrogen and oxygen atoms in total. The molecular weight excluding hydrogens is 230 g/mol. The monoisotopic (exact) mass is 239 g/mol. The van der Waals surface area contributed by atoms with Crippen LogP contribution in [0.4, 0.5) is 5.82 Å². The smallest absolute Gasteiger partial charge is 0.256 e. The summed E-state index contributed by atoms with van der Waals surface area (Å²) in [4.78, 5) is 23.7. The molecule has 6 heteroatoms. The van der Waals surface area contributed by atoms with Gasteiger partial charge in [-0.1, -0.05) is 0 Å². The zero-order valence-corrected chi connectivity index (χ0v) is 9.32. The molecular formula is C12H9N5O. The van der Waals surface area contributed by atoms with Gasteiger partial charge in [0.05, 0.1) is 18.0 Å². The summed E-state index contributed by atoms with van der Waals surface area (Å²) in [5, 5.41) is 2.70. The molecule has 3 heterocycles. The Balaban J connectivity index is 1.87. The van der Waals surface area contributed by atoms with Gasteiger partial charge < -0.3 is 9.72 Å². The highest BCUT2D eigenvalue weighted by Gasteiger charge is 2.07. The van der Waals surface area contributed by atoms with Crippen molar-refractivity contribution in [2.75, 3.05) is 5.32 Å². The van der Waals surface area contributed by atoms with Crippen molar-refractivity contribution >= 4 is 17.2 Å². The summed E-state index contributed by atoms with van der Waals surface area (Å²) in [7, 11) is 0. The van der Waals surface area contributed by atoms with Gasteiger partial charge in [0.1, 0.15) is 12.1 Å². The van der Waals surface area contributed by atoms with Crippen LogP contribution in [0.1, 0.15) is 10.4 Å². The zero-order valence-electron chi connectivity index (χ0n) is 9.32. The number of amides is 1. The summed E-state index contributed by atoms with van der Waals surface area (Å²) in [6, 6.07) is 5.13. The number of anilines is 1. The van der Waals surface area contributed by atoms with Gasteiger partial charge in [0.2, 0.25) is 0 Å². The van der Waals surface area contributed by atoms with Gasteiger partial charge >= 0.3 is 0 Å². The van der Waals surface area contributed by atoms with Crippen LogP contribution in [-0.2, 0) is 0 Å². The molecule has 0 spiro atoms. The van der Waals surface area contributed by atoms with Crippen LogP contribution in [0.15, 0.2) is 49.4 Å². The minimum atomic E-state index is -0.211. The van der Waals surface area contributed by atoms with Crippen molar-refractivity contribution in [2.24, 2.45) is 0 Å². The second kappa shape index (κ2) is 4.25. The maximum Gasteiger partial charge on any atom is 0.256 e. The number of carbonyl (C=O) groups is 1. The highest BCUT2D eigenvalue weighted by Crippen LogP contribution is 2.09. The molecule has 0 fully saturated rings. The lowest BCUT2D eigenvalue weighted by molar-refractivity contribution is 0.102. The van der Waals surface area contributed by atoms with Crippen LogP contribution in [0.2, 0.25) is 0 Å². The Morgan fingerprint density at radius 2 is 2.22 bits per heavy atom. The molecule has 0 saturated heterocycles. The average molecular weight is 239 g/mol. The number of aromatic nitrogens is 4. The number of rotatable bonds is 2. The first-order valence-electron chi connectivity index (χ1n) is 5.32. The summed E-state index contributed by atoms with van der Waals surface area (Å²) < 4.78 is 1.83. The Morgan fingerprint density at radius 1 is 1.28 bits per heavy atom. The SMILES string of the molecule is O=C(Nc1ccncn1)c1ccn2cncc2c1. The van der Waals surface area contributed by atoms with Crippen molar-refractivity contribution in [2.45, 2.75) is 0 Å². The van der Waals surface area contributed by atoms with E-state index in [1.54, 1.807) is 43.1 Å². The molecule has 0 aliphatic heterocycles. The third-order valence-corrected chi connectivity index (χ3v) is 2.50. The number of nitrogens with one attached hydrogen (secondary N) is 1. The standard InChI is InChI=1S/C12H9N5O/c18-12(16-11-1-3-13-7-15-11)9-2-4-17-8-14-6-10(17)5-9/h1-8H,(H,13,15,16,18). The first-order chi connectivity index (χ1) is 8.83. The van der Waals surface area contributed by atoms with Crippen LogP contribution in [0, 0.1) is 0 Å². The first-order valence-corrected chi connectivity index (χ1v) is 5.32. The highest BCUT2D eigenvalue weighted by atomic mass is 16.1. The van der Waals surface area contributed by atoms with E-state index in [0.29, 0.717) is 11.4 Å². The Bertz CT molecular complexity index is 692. The zero-order chi connectivity index (χ0) is 12.4. The summed E-state index contributed by atoms with van der Waals surface area (Å²) in [6.07, 6.45) is 8.12. The van der Waals surface area contributed by atoms with Crippen LogP contribution in [0.3, 0.4) is 0 Å². The van der Waals surface area contributed by atoms with E-state index in [-0.39, 0.29) is 5.91 Å². The highest BCUT2D eigenvalue weighted by molar-refractivity contribution is 6.04. The van der Waals surface area contributed by atoms with Crippen molar-refractivity contribution in [1.82, 2.24) is 19.4 Å². The largest absolute Gasteiger partial charge is 0.306 e. The number of fused-ring (bicyclic) bond motifs is 1. The topological polar surface area (TPSA) is 72.2 Å². The van der Waals surface area contributed by atoms with Crippen LogP contribution < -0.4 is 5.32 Å². The van der Waals surface area contributed by atoms with Crippen LogP contribution in [0.25, 0.3) is 5.52 Å². The normalized spacial score (nSPS) is 10.4. The molecule has 3 aromatic rings. The van der Waals surface area contributed by atoms with Gasteiger partial charge in [-0.3, -0.25) is 4.79 Å². The van der Waals surface area contributed by atoms with E-state index in [2.05, 4.69) is 20.3 Å². The first kappa shape index (κ1) is 10.4. The second-order valence-corrected chi connectivity index (χ2v) is 3.69. The van der Waals surface area contributed by atoms with Crippen molar-refractivity contribution in [3.63, 3.8) is 0 Å². The summed E-state index contributed by atoms with van der Waals surface area (Å²) in [5.41, 5.74) is 1.42. The third-order valence-electron chi connectivity index (χ3n) is 2.50. The minimum Gasteiger partial charge on any atom is -0.306 e. The summed E-state index contributed by atoms with van der Waals surface area (Å²) in [5.74, 6) is 0.265. The van der Waals surface area contributed by atoms with E-state index in [4.69, 9.17) is 0 Å². The molecule has 0 radical (unpaired) electrons. The molecule has 3 rings (SSSR count). The van der Waals surface area contributed by atoms with Crippen LogP contribution in [0.5, 0.6) is 0 Å². The fraction of sp³-hybridized carbons (Fsp3) is 0. The third kappa shape index (κ3) is 1.91. The molecule has 0 aliphatic carbocycles. The molecule has 18 heavy (non-hydrogen) atoms. The number of hydrogen-bond donors (Lipinski definition) is 1. The molecule has 1 amide bonds. The van der Waals surface area contributed by atoms with Crippen LogP contribution in [-0.4, -0.2) is 25.3 Å². The van der Waals surface area contributed by atoms with Gasteiger partial charge in [0.25, 0.3) is 5.91 Å². The number of carbonyl (C=O) groups excluding carboxylic acids is 1. The molecule has 0 aromatic carbocycles. The number of pyridine rings is 1. The van der Waals surface area contributed by atoms with E-state index in [9.17, 15) is 4.79 Å². The van der Waals surface area contributed by atoms with Gasteiger partial charge in [-0.15, -0.1) is 0 Å². The Morgan fingerprint density at radius 3 is 3.06 bits per heavy atom. The maximum atomic E-state index is 12.0. The molecule has 0 saturated carbocycles. The van der Waals surface area contributed by atoms with Gasteiger partial charge in [0.15, 0.2) is 0 Å². The maximum absolute atomic E-state index is 12.0. The van der Waals surface area contributed by atoms with E-state index in [0.717, 1.165) is 5.52 Å². The Labute approximate surface area is 102 Å². The molecule has 88 valence electrons. The Kier molecular flexibility index (Phi) is 2.45. The molecule has 0 bridgehead atoms. The van der Waals surface area contributed by atoms with Crippen molar-refractivity contribution in [3.8, 4) is 0 Å². The quantitative estimate of drug-likeness (QED) is 0.733. The number of nitrogens with zero attached hydrogens (tertiary/aromatic N) is 4. The fourth-order valence-electron chi connectivity index (χ4n) is 1.61. The molecule has 0 unspecified atom stereocenters. The van der Waals surface area contributed by atoms with Crippen molar-refractivity contribution in [3.05, 3.63) is 55.0 Å². The predicted molar refractivity (Wildman–Crippen MR) is 65.2 cm³/mol. The van der Waals surface area contributed by atoms with Crippen molar-refractivity contribution in [1.29, 1.82) is 0 Å². The lowest BCUT2D eigenvalue weighted by atomic mass is 10.2. The van der Waals surface area contributed by atoms with Gasteiger partial charge in [-0.25, -0.2) is 15.0 Å². The fourth-order valence-corrected chi connectivity index (χ4v) is 1.61. The van der Waals surface area contributed by atoms with Gasteiger partial charge in [0, 0.05) is 18.0 Å². The van der Waals surface area contributed by atoms with Gasteiger partial charge in [-0.2, -0.15) is 0 Å². The predicted octanol–water partition coefficient (Wildman–Crippen LogP) is 1.38. The van der Waals surface area contributed by atoms with Crippen LogP contribution >= 0.6 is 0 Å². The van der Waals surface area contributed by atoms with E-state index >= 15 is 0 Å². The average Bonchev–Trinajstić information content (AvgIpc) is 2.87. The number of hydrogen-bond acceptors (Lipinski definition) is 4. The lowest BCUT2D eigenvalue weighted by Crippen LogP contribution is -2.13. The van der Waals surface area contributed by atoms with Crippen molar-refractivity contribution < 1.29 is 4.79 Å². The van der Waals surface area contributed by atoms with Gasteiger partial charge in [-0.05, 0) is 18.2 Å². The van der Waals surface area contributed by atoms with E-state index < -0.39 is 0 Å². The summed E-state index contributed by atoms with van der Waals surface area (Å²) >= 11 is 0. The molecule has 0 atom stereocenters. The molecule has 1 N–H and O–H groups in total. The Hall–Kier alpha value is -2.76. The molecule has 0 aliphatic rings. The number of imidazole rings is 1. The minimum absolute atomic E-state index is 0.211. The molecule has 3 aromatic heterocycles. The second-order valence-electron chi connectivity index (χ2n) is 3.69. The lowest BCUT2D eigenvalue weighted by Gasteiger charge is -2.04. The van der Waals surface area contributed by atoms with E-state index in [1.165, 1.54) is 6.33 Å².